The molecular weight excluding hydrogens is 306 g/mol. The van der Waals surface area contributed by atoms with Gasteiger partial charge in [-0.2, -0.15) is 0 Å². The first-order valence-electron chi connectivity index (χ1n) is 6.35. The molecule has 1 heterocycles. The van der Waals surface area contributed by atoms with Crippen LogP contribution in [0, 0.1) is 6.92 Å². The largest absolute Gasteiger partial charge is 0.308 e. The van der Waals surface area contributed by atoms with Gasteiger partial charge in [-0.15, -0.1) is 16.8 Å². The average Bonchev–Trinajstić information content (AvgIpc) is 2.77. The predicted molar refractivity (Wildman–Crippen MR) is 84.0 cm³/mol. The molecule has 21 heavy (non-hydrogen) atoms. The topological polar surface area (TPSA) is 64.8 Å². The normalized spacial score (nSPS) is 11.5. The number of aromatic nitrogens is 3. The van der Waals surface area contributed by atoms with Crippen molar-refractivity contribution in [3.8, 4) is 0 Å². The molecule has 0 aliphatic rings. The van der Waals surface area contributed by atoms with Gasteiger partial charge < -0.3 is 4.57 Å². The van der Waals surface area contributed by atoms with Gasteiger partial charge in [0.05, 0.1) is 4.90 Å². The molecule has 0 amide bonds. The van der Waals surface area contributed by atoms with E-state index in [0.717, 1.165) is 5.56 Å². The molecule has 0 bridgehead atoms. The van der Waals surface area contributed by atoms with E-state index in [1.54, 1.807) is 42.0 Å². The Bertz CT molecular complexity index is 734. The summed E-state index contributed by atoms with van der Waals surface area (Å²) in [5, 5.41) is 8.67. The summed E-state index contributed by atoms with van der Waals surface area (Å²) in [6.07, 6.45) is 1.77. The Morgan fingerprint density at radius 1 is 1.29 bits per heavy atom. The van der Waals surface area contributed by atoms with Gasteiger partial charge in [-0.1, -0.05) is 35.5 Å². The zero-order valence-corrected chi connectivity index (χ0v) is 13.6. The summed E-state index contributed by atoms with van der Waals surface area (Å²) in [5.74, 6) is 0.979. The Kier molecular flexibility index (Phi) is 4.84. The Balaban J connectivity index is 2.22. The highest BCUT2D eigenvalue weighted by Crippen LogP contribution is 2.19. The van der Waals surface area contributed by atoms with Crippen LogP contribution in [0.3, 0.4) is 0 Å². The predicted octanol–water partition coefficient (Wildman–Crippen LogP) is 2.38. The monoisotopic (exact) mass is 323 g/mol. The first-order chi connectivity index (χ1) is 9.94. The summed E-state index contributed by atoms with van der Waals surface area (Å²) < 4.78 is 26.5. The number of hydrogen-bond donors (Lipinski definition) is 0. The number of aryl methyl sites for hydroxylation is 1. The third-order valence-corrected chi connectivity index (χ3v) is 5.60. The first kappa shape index (κ1) is 15.8. The molecule has 1 aromatic heterocycles. The molecule has 2 rings (SSSR count). The van der Waals surface area contributed by atoms with Crippen LogP contribution in [0.2, 0.25) is 0 Å². The van der Waals surface area contributed by atoms with Crippen LogP contribution in [-0.2, 0) is 22.6 Å². The second-order valence-electron chi connectivity index (χ2n) is 4.63. The standard InChI is InChI=1S/C14H17N3O2S2/c1-4-9-20-14-16-15-13(17(14)3)10-21(18,19)12-7-5-11(2)6-8-12/h4-8H,1,9-10H2,2-3H3. The lowest BCUT2D eigenvalue weighted by Gasteiger charge is -2.05. The fraction of sp³-hybridized carbons (Fsp3) is 0.286. The molecule has 0 atom stereocenters. The molecule has 0 saturated carbocycles. The van der Waals surface area contributed by atoms with Crippen molar-refractivity contribution in [3.05, 3.63) is 48.3 Å². The van der Waals surface area contributed by atoms with Gasteiger partial charge in [-0.05, 0) is 19.1 Å². The third kappa shape index (κ3) is 3.74. The quantitative estimate of drug-likeness (QED) is 0.603. The summed E-state index contributed by atoms with van der Waals surface area (Å²) in [6.45, 7) is 5.56. The van der Waals surface area contributed by atoms with E-state index >= 15 is 0 Å². The number of nitrogens with zero attached hydrogens (tertiary/aromatic N) is 3. The number of sulfone groups is 1. The fourth-order valence-electron chi connectivity index (χ4n) is 1.73. The lowest BCUT2D eigenvalue weighted by molar-refractivity contribution is 0.591. The maximum absolute atomic E-state index is 12.4. The maximum Gasteiger partial charge on any atom is 0.191 e. The third-order valence-electron chi connectivity index (χ3n) is 2.95. The SMILES string of the molecule is C=CCSc1nnc(CS(=O)(=O)c2ccc(C)cc2)n1C. The summed E-state index contributed by atoms with van der Waals surface area (Å²) in [6, 6.07) is 6.81. The second kappa shape index (κ2) is 6.44. The van der Waals surface area contributed by atoms with Gasteiger partial charge >= 0.3 is 0 Å². The molecule has 7 heteroatoms. The second-order valence-corrected chi connectivity index (χ2v) is 7.61. The zero-order chi connectivity index (χ0) is 15.5. The van der Waals surface area contributed by atoms with Gasteiger partial charge in [0.15, 0.2) is 15.0 Å². The Hall–Kier alpha value is -1.60. The van der Waals surface area contributed by atoms with E-state index in [-0.39, 0.29) is 5.75 Å². The fourth-order valence-corrected chi connectivity index (χ4v) is 3.70. The summed E-state index contributed by atoms with van der Waals surface area (Å²) >= 11 is 1.47. The van der Waals surface area contributed by atoms with Crippen LogP contribution in [0.1, 0.15) is 11.4 Å². The van der Waals surface area contributed by atoms with Crippen molar-refractivity contribution in [1.29, 1.82) is 0 Å². The molecule has 0 fully saturated rings. The Morgan fingerprint density at radius 3 is 2.57 bits per heavy atom. The van der Waals surface area contributed by atoms with E-state index in [9.17, 15) is 8.42 Å². The average molecular weight is 323 g/mol. The lowest BCUT2D eigenvalue weighted by Crippen LogP contribution is -2.09. The van der Waals surface area contributed by atoms with Crippen LogP contribution < -0.4 is 0 Å². The van der Waals surface area contributed by atoms with Crippen molar-refractivity contribution in [1.82, 2.24) is 14.8 Å². The first-order valence-corrected chi connectivity index (χ1v) is 8.99. The zero-order valence-electron chi connectivity index (χ0n) is 12.0. The molecular formula is C14H17N3O2S2. The lowest BCUT2D eigenvalue weighted by atomic mass is 10.2. The van der Waals surface area contributed by atoms with Crippen LogP contribution in [0.5, 0.6) is 0 Å². The van der Waals surface area contributed by atoms with Gasteiger partial charge in [0, 0.05) is 12.8 Å². The number of thioether (sulfide) groups is 1. The van der Waals surface area contributed by atoms with Gasteiger partial charge in [-0.3, -0.25) is 0 Å². The molecule has 0 unspecified atom stereocenters. The van der Waals surface area contributed by atoms with Crippen LogP contribution in [0.25, 0.3) is 0 Å². The smallest absolute Gasteiger partial charge is 0.191 e. The van der Waals surface area contributed by atoms with Crippen molar-refractivity contribution in [2.75, 3.05) is 5.75 Å². The van der Waals surface area contributed by atoms with Crippen LogP contribution in [-0.4, -0.2) is 28.9 Å². The Morgan fingerprint density at radius 2 is 1.95 bits per heavy atom. The molecule has 112 valence electrons. The number of hydrogen-bond acceptors (Lipinski definition) is 5. The number of benzene rings is 1. The van der Waals surface area contributed by atoms with Crippen molar-refractivity contribution >= 4 is 21.6 Å². The van der Waals surface area contributed by atoms with Gasteiger partial charge in [0.25, 0.3) is 0 Å². The van der Waals surface area contributed by atoms with E-state index in [4.69, 9.17) is 0 Å². The van der Waals surface area contributed by atoms with Crippen LogP contribution in [0.15, 0.2) is 47.0 Å². The molecule has 1 aromatic carbocycles. The molecule has 0 N–H and O–H groups in total. The Labute approximate surface area is 129 Å². The molecule has 0 saturated heterocycles. The summed E-state index contributed by atoms with van der Waals surface area (Å²) in [4.78, 5) is 0.302. The van der Waals surface area contributed by atoms with Crippen LogP contribution >= 0.6 is 11.8 Å². The minimum atomic E-state index is -3.41. The molecule has 0 spiro atoms. The van der Waals surface area contributed by atoms with Gasteiger partial charge in [0.1, 0.15) is 11.6 Å². The molecule has 5 nitrogen and oxygen atoms in total. The van der Waals surface area contributed by atoms with E-state index in [1.807, 2.05) is 6.92 Å². The molecule has 2 aromatic rings. The summed E-state index contributed by atoms with van der Waals surface area (Å²) in [5.41, 5.74) is 1.02. The van der Waals surface area contributed by atoms with Crippen molar-refractivity contribution in [3.63, 3.8) is 0 Å². The highest BCUT2D eigenvalue weighted by atomic mass is 32.2. The number of rotatable bonds is 6. The van der Waals surface area contributed by atoms with Crippen molar-refractivity contribution in [2.24, 2.45) is 7.05 Å². The molecule has 0 aliphatic carbocycles. The van der Waals surface area contributed by atoms with E-state index in [1.165, 1.54) is 11.8 Å². The van der Waals surface area contributed by atoms with Crippen molar-refractivity contribution in [2.45, 2.75) is 22.7 Å². The van der Waals surface area contributed by atoms with Gasteiger partial charge in [-0.25, -0.2) is 8.42 Å². The minimum absolute atomic E-state index is 0.159. The maximum atomic E-state index is 12.4. The van der Waals surface area contributed by atoms with Crippen molar-refractivity contribution < 1.29 is 8.42 Å². The molecule has 0 radical (unpaired) electrons. The van der Waals surface area contributed by atoms with E-state index in [0.29, 0.717) is 21.6 Å². The highest BCUT2D eigenvalue weighted by molar-refractivity contribution is 7.99. The minimum Gasteiger partial charge on any atom is -0.308 e. The van der Waals surface area contributed by atoms with Crippen LogP contribution in [0.4, 0.5) is 0 Å². The summed E-state index contributed by atoms with van der Waals surface area (Å²) in [7, 11) is -1.64. The highest BCUT2D eigenvalue weighted by Gasteiger charge is 2.20. The van der Waals surface area contributed by atoms with Gasteiger partial charge in [0.2, 0.25) is 0 Å². The van der Waals surface area contributed by atoms with E-state index in [2.05, 4.69) is 16.8 Å². The molecule has 0 aliphatic heterocycles. The van der Waals surface area contributed by atoms with E-state index < -0.39 is 9.84 Å².